The zero-order valence-electron chi connectivity index (χ0n) is 12.9. The summed E-state index contributed by atoms with van der Waals surface area (Å²) >= 11 is 0. The van der Waals surface area contributed by atoms with Gasteiger partial charge in [-0.3, -0.25) is 0 Å². The number of aromatic nitrogens is 2. The molecule has 1 aliphatic rings. The van der Waals surface area contributed by atoms with Crippen LogP contribution in [0.5, 0.6) is 5.75 Å². The van der Waals surface area contributed by atoms with Crippen molar-refractivity contribution in [3.63, 3.8) is 0 Å². The first-order valence-corrected chi connectivity index (χ1v) is 7.75. The molecule has 114 valence electrons. The average Bonchev–Trinajstić information content (AvgIpc) is 2.79. The van der Waals surface area contributed by atoms with Crippen LogP contribution in [0.3, 0.4) is 0 Å². The molecule has 5 heteroatoms. The molecule has 5 nitrogen and oxygen atoms in total. The summed E-state index contributed by atoms with van der Waals surface area (Å²) in [5, 5.41) is 0. The Morgan fingerprint density at radius 1 is 1.33 bits per heavy atom. The Morgan fingerprint density at radius 2 is 2.10 bits per heavy atom. The van der Waals surface area contributed by atoms with Gasteiger partial charge in [0.1, 0.15) is 11.3 Å². The van der Waals surface area contributed by atoms with Gasteiger partial charge in [0.05, 0.1) is 12.1 Å². The van der Waals surface area contributed by atoms with Crippen LogP contribution in [-0.4, -0.2) is 41.2 Å². The third-order valence-corrected chi connectivity index (χ3v) is 4.35. The van der Waals surface area contributed by atoms with Gasteiger partial charge in [-0.15, -0.1) is 0 Å². The zero-order valence-corrected chi connectivity index (χ0v) is 12.9. The van der Waals surface area contributed by atoms with Gasteiger partial charge >= 0.3 is 0 Å². The van der Waals surface area contributed by atoms with Crippen LogP contribution in [0.1, 0.15) is 19.8 Å². The topological polar surface area (TPSA) is 56.3 Å². The predicted octanol–water partition coefficient (Wildman–Crippen LogP) is 2.36. The lowest BCUT2D eigenvalue weighted by Gasteiger charge is -2.29. The number of nitrogen functional groups attached to an aromatic ring is 1. The first kappa shape index (κ1) is 14.2. The minimum absolute atomic E-state index is 0.594. The third-order valence-electron chi connectivity index (χ3n) is 4.35. The van der Waals surface area contributed by atoms with Gasteiger partial charge in [-0.1, -0.05) is 6.07 Å². The van der Waals surface area contributed by atoms with Gasteiger partial charge < -0.3 is 19.9 Å². The van der Waals surface area contributed by atoms with Crippen LogP contribution in [0.25, 0.3) is 11.0 Å². The van der Waals surface area contributed by atoms with Crippen molar-refractivity contribution >= 4 is 17.0 Å². The molecule has 0 unspecified atom stereocenters. The normalized spacial score (nSPS) is 17.4. The predicted molar refractivity (Wildman–Crippen MR) is 85.5 cm³/mol. The van der Waals surface area contributed by atoms with E-state index < -0.39 is 0 Å². The Morgan fingerprint density at radius 3 is 2.81 bits per heavy atom. The summed E-state index contributed by atoms with van der Waals surface area (Å²) in [4.78, 5) is 6.91. The Balaban J connectivity index is 1.88. The van der Waals surface area contributed by atoms with E-state index in [1.807, 2.05) is 19.1 Å². The summed E-state index contributed by atoms with van der Waals surface area (Å²) in [6.45, 7) is 5.91. The van der Waals surface area contributed by atoms with Crippen molar-refractivity contribution in [2.24, 2.45) is 5.92 Å². The fourth-order valence-corrected chi connectivity index (χ4v) is 3.11. The first-order chi connectivity index (χ1) is 10.2. The summed E-state index contributed by atoms with van der Waals surface area (Å²) in [6, 6.07) is 6.05. The maximum Gasteiger partial charge on any atom is 0.201 e. The molecule has 1 saturated heterocycles. The molecule has 0 atom stereocenters. The number of anilines is 1. The van der Waals surface area contributed by atoms with E-state index in [2.05, 4.69) is 27.6 Å². The lowest BCUT2D eigenvalue weighted by molar-refractivity contribution is 0.206. The van der Waals surface area contributed by atoms with Crippen LogP contribution in [0.2, 0.25) is 0 Å². The van der Waals surface area contributed by atoms with Crippen LogP contribution in [-0.2, 0) is 6.54 Å². The number of hydrogen-bond acceptors (Lipinski definition) is 4. The smallest absolute Gasteiger partial charge is 0.201 e. The Bertz CT molecular complexity index is 614. The molecule has 0 aliphatic carbocycles. The van der Waals surface area contributed by atoms with Gasteiger partial charge in [0.2, 0.25) is 5.95 Å². The number of nitrogens with zero attached hydrogens (tertiary/aromatic N) is 3. The Kier molecular flexibility index (Phi) is 4.01. The number of rotatable bonds is 4. The van der Waals surface area contributed by atoms with Crippen LogP contribution in [0.4, 0.5) is 5.95 Å². The maximum atomic E-state index is 6.15. The second-order valence-electron chi connectivity index (χ2n) is 5.88. The molecule has 21 heavy (non-hydrogen) atoms. The van der Waals surface area contributed by atoms with Crippen LogP contribution < -0.4 is 10.5 Å². The molecule has 0 spiro atoms. The largest absolute Gasteiger partial charge is 0.492 e. The van der Waals surface area contributed by atoms with E-state index in [1.54, 1.807) is 0 Å². The highest BCUT2D eigenvalue weighted by Crippen LogP contribution is 2.29. The molecule has 0 bridgehead atoms. The van der Waals surface area contributed by atoms with Gasteiger partial charge in [-0.25, -0.2) is 4.98 Å². The van der Waals surface area contributed by atoms with Crippen molar-refractivity contribution in [1.29, 1.82) is 0 Å². The summed E-state index contributed by atoms with van der Waals surface area (Å²) in [5.41, 5.74) is 8.11. The molecule has 0 amide bonds. The van der Waals surface area contributed by atoms with Gasteiger partial charge in [-0.05, 0) is 58.0 Å². The number of para-hydroxylation sites is 1. The van der Waals surface area contributed by atoms with Gasteiger partial charge in [-0.2, -0.15) is 0 Å². The molecule has 0 radical (unpaired) electrons. The summed E-state index contributed by atoms with van der Waals surface area (Å²) < 4.78 is 7.80. The third kappa shape index (κ3) is 2.83. The van der Waals surface area contributed by atoms with Gasteiger partial charge in [0.25, 0.3) is 0 Å². The fourth-order valence-electron chi connectivity index (χ4n) is 3.11. The summed E-state index contributed by atoms with van der Waals surface area (Å²) in [6.07, 6.45) is 2.45. The maximum absolute atomic E-state index is 6.15. The van der Waals surface area contributed by atoms with Gasteiger partial charge in [0, 0.05) is 6.54 Å². The second kappa shape index (κ2) is 5.93. The lowest BCUT2D eigenvalue weighted by Crippen LogP contribution is -2.32. The molecular weight excluding hydrogens is 264 g/mol. The van der Waals surface area contributed by atoms with Crippen molar-refractivity contribution in [3.8, 4) is 5.75 Å². The van der Waals surface area contributed by atoms with Crippen molar-refractivity contribution in [2.75, 3.05) is 32.5 Å². The number of benzene rings is 1. The van der Waals surface area contributed by atoms with Crippen molar-refractivity contribution in [3.05, 3.63) is 18.2 Å². The van der Waals surface area contributed by atoms with E-state index in [9.17, 15) is 0 Å². The molecule has 2 aromatic rings. The minimum Gasteiger partial charge on any atom is -0.492 e. The van der Waals surface area contributed by atoms with E-state index >= 15 is 0 Å². The van der Waals surface area contributed by atoms with E-state index in [1.165, 1.54) is 25.9 Å². The van der Waals surface area contributed by atoms with Crippen molar-refractivity contribution in [1.82, 2.24) is 14.5 Å². The van der Waals surface area contributed by atoms with Crippen LogP contribution in [0, 0.1) is 5.92 Å². The number of imidazole rings is 1. The molecule has 2 N–H and O–H groups in total. The number of piperidine rings is 1. The molecule has 1 aliphatic heterocycles. The summed E-state index contributed by atoms with van der Waals surface area (Å²) in [7, 11) is 2.19. The number of likely N-dealkylation sites (tertiary alicyclic amines) is 1. The number of fused-ring (bicyclic) bond motifs is 1. The molecule has 1 aromatic heterocycles. The number of nitrogens with two attached hydrogens (primary N) is 1. The molecule has 2 heterocycles. The second-order valence-corrected chi connectivity index (χ2v) is 5.88. The van der Waals surface area contributed by atoms with Crippen LogP contribution >= 0.6 is 0 Å². The highest BCUT2D eigenvalue weighted by atomic mass is 16.5. The number of ether oxygens (including phenoxy) is 1. The number of hydrogen-bond donors (Lipinski definition) is 1. The Labute approximate surface area is 125 Å². The first-order valence-electron chi connectivity index (χ1n) is 7.75. The summed E-state index contributed by atoms with van der Waals surface area (Å²) in [5.74, 6) is 2.09. The molecule has 3 rings (SSSR count). The van der Waals surface area contributed by atoms with E-state index in [4.69, 9.17) is 10.5 Å². The standard InChI is InChI=1S/C16H24N4O/c1-3-21-14-6-4-5-13-15(14)18-16(17)20(13)11-12-7-9-19(2)10-8-12/h4-6,12H,3,7-11H2,1-2H3,(H2,17,18). The highest BCUT2D eigenvalue weighted by molar-refractivity contribution is 5.84. The van der Waals surface area contributed by atoms with E-state index in [0.29, 0.717) is 18.5 Å². The van der Waals surface area contributed by atoms with Crippen LogP contribution in [0.15, 0.2) is 18.2 Å². The average molecular weight is 288 g/mol. The quantitative estimate of drug-likeness (QED) is 0.938. The molecule has 0 saturated carbocycles. The van der Waals surface area contributed by atoms with E-state index in [0.717, 1.165) is 23.3 Å². The molecule has 1 fully saturated rings. The van der Waals surface area contributed by atoms with Crippen molar-refractivity contribution < 1.29 is 4.74 Å². The van der Waals surface area contributed by atoms with Crippen molar-refractivity contribution in [2.45, 2.75) is 26.3 Å². The monoisotopic (exact) mass is 288 g/mol. The SMILES string of the molecule is CCOc1cccc2c1nc(N)n2CC1CCN(C)CC1. The Hall–Kier alpha value is -1.75. The highest BCUT2D eigenvalue weighted by Gasteiger charge is 2.20. The van der Waals surface area contributed by atoms with Gasteiger partial charge in [0.15, 0.2) is 0 Å². The molecule has 1 aromatic carbocycles. The zero-order chi connectivity index (χ0) is 14.8. The lowest BCUT2D eigenvalue weighted by atomic mass is 9.97. The fraction of sp³-hybridized carbons (Fsp3) is 0.562. The molecular formula is C16H24N4O. The minimum atomic E-state index is 0.594. The van der Waals surface area contributed by atoms with E-state index in [-0.39, 0.29) is 0 Å².